The molecule has 0 fully saturated rings. The molecule has 0 atom stereocenters. The minimum absolute atomic E-state index is 0. The molecule has 0 saturated carbocycles. The molecule has 24 heavy (non-hydrogen) atoms. The van der Waals surface area contributed by atoms with Crippen LogP contribution < -0.4 is 5.32 Å². The van der Waals surface area contributed by atoms with Crippen molar-refractivity contribution in [1.82, 2.24) is 5.32 Å². The van der Waals surface area contributed by atoms with E-state index in [2.05, 4.69) is 61.6 Å². The largest absolute Gasteiger partial charge is 0.352 e. The molecule has 2 nitrogen and oxygen atoms in total. The van der Waals surface area contributed by atoms with Gasteiger partial charge in [-0.05, 0) is 40.7 Å². The fraction of sp³-hybridized carbons (Fsp3) is 0.381. The zero-order chi connectivity index (χ0) is 16.8. The summed E-state index contributed by atoms with van der Waals surface area (Å²) in [6.45, 7) is 8.87. The molecule has 0 heterocycles. The van der Waals surface area contributed by atoms with Gasteiger partial charge in [0.05, 0.1) is 0 Å². The van der Waals surface area contributed by atoms with Gasteiger partial charge in [-0.2, -0.15) is 0 Å². The predicted octanol–water partition coefficient (Wildman–Crippen LogP) is 5.07. The van der Waals surface area contributed by atoms with Crippen LogP contribution in [0.5, 0.6) is 0 Å². The molecule has 0 aliphatic rings. The van der Waals surface area contributed by atoms with E-state index in [1.165, 1.54) is 16.7 Å². The second-order valence-corrected chi connectivity index (χ2v) is 6.87. The number of rotatable bonds is 6. The molecule has 0 saturated heterocycles. The number of carbonyl (C=O) groups excluding carboxylic acids is 1. The van der Waals surface area contributed by atoms with Crippen molar-refractivity contribution < 1.29 is 38.9 Å². The van der Waals surface area contributed by atoms with Crippen molar-refractivity contribution in [3.05, 3.63) is 59.7 Å². The van der Waals surface area contributed by atoms with Crippen LogP contribution >= 0.6 is 0 Å². The van der Waals surface area contributed by atoms with Crippen molar-refractivity contribution in [3.63, 3.8) is 0 Å². The molecule has 0 aromatic heterocycles. The fourth-order valence-corrected chi connectivity index (χ4v) is 2.56. The standard InChI is InChI=1S/C21H27NO.Y.H2/c1-15(2)12-17-8-10-19(11-9-17)20-7-5-6-18(13-20)14-22-21(23)16(3)4;;/h5-11,13,15-16H,12,14H2,1-4H3,(H,22,23);;1H. The number of hydrogen-bond acceptors (Lipinski definition) is 1. The van der Waals surface area contributed by atoms with Crippen LogP contribution in [0.3, 0.4) is 0 Å². The van der Waals surface area contributed by atoms with E-state index in [4.69, 9.17) is 0 Å². The Morgan fingerprint density at radius 2 is 1.62 bits per heavy atom. The van der Waals surface area contributed by atoms with Gasteiger partial charge >= 0.3 is 0 Å². The van der Waals surface area contributed by atoms with E-state index in [1.807, 2.05) is 19.9 Å². The Balaban J connectivity index is 0.00000288. The molecule has 0 bridgehead atoms. The molecule has 127 valence electrons. The van der Waals surface area contributed by atoms with Gasteiger partial charge in [0.1, 0.15) is 0 Å². The van der Waals surface area contributed by atoms with Crippen LogP contribution in [0, 0.1) is 11.8 Å². The molecule has 3 heteroatoms. The Bertz CT molecular complexity index is 653. The zero-order valence-corrected chi connectivity index (χ0v) is 18.0. The van der Waals surface area contributed by atoms with Crippen molar-refractivity contribution in [3.8, 4) is 11.1 Å². The van der Waals surface area contributed by atoms with E-state index in [-0.39, 0.29) is 46.0 Å². The number of benzene rings is 2. The summed E-state index contributed by atoms with van der Waals surface area (Å²) >= 11 is 0. The van der Waals surface area contributed by atoms with Gasteiger partial charge < -0.3 is 5.32 Å². The molecule has 2 aromatic rings. The first-order valence-electron chi connectivity index (χ1n) is 8.41. The van der Waals surface area contributed by atoms with Crippen molar-refractivity contribution in [2.24, 2.45) is 11.8 Å². The number of amides is 1. The van der Waals surface area contributed by atoms with Crippen molar-refractivity contribution in [2.75, 3.05) is 0 Å². The zero-order valence-electron chi connectivity index (χ0n) is 15.2. The van der Waals surface area contributed by atoms with E-state index in [0.29, 0.717) is 12.5 Å². The van der Waals surface area contributed by atoms with E-state index in [0.717, 1.165) is 12.0 Å². The summed E-state index contributed by atoms with van der Waals surface area (Å²) in [6.07, 6.45) is 1.11. The molecule has 0 unspecified atom stereocenters. The molecular formula is C21H29NOY. The quantitative estimate of drug-likeness (QED) is 0.721. The third-order valence-corrected chi connectivity index (χ3v) is 3.85. The first-order chi connectivity index (χ1) is 11.0. The van der Waals surface area contributed by atoms with Crippen LogP contribution in [-0.2, 0) is 50.5 Å². The van der Waals surface area contributed by atoms with E-state index >= 15 is 0 Å². The Morgan fingerprint density at radius 1 is 0.958 bits per heavy atom. The molecule has 1 amide bonds. The van der Waals surface area contributed by atoms with Gasteiger partial charge in [-0.3, -0.25) is 4.79 Å². The number of nitrogens with one attached hydrogen (secondary N) is 1. The van der Waals surface area contributed by atoms with Crippen molar-refractivity contribution in [2.45, 2.75) is 40.7 Å². The van der Waals surface area contributed by atoms with Gasteiger partial charge in [0, 0.05) is 46.6 Å². The molecule has 1 radical (unpaired) electrons. The molecule has 2 rings (SSSR count). The summed E-state index contributed by atoms with van der Waals surface area (Å²) in [4.78, 5) is 11.7. The second-order valence-electron chi connectivity index (χ2n) is 6.87. The Kier molecular flexibility index (Phi) is 8.87. The van der Waals surface area contributed by atoms with Crippen LogP contribution in [-0.4, -0.2) is 5.91 Å². The van der Waals surface area contributed by atoms with Crippen molar-refractivity contribution >= 4 is 5.91 Å². The van der Waals surface area contributed by atoms with Crippen LogP contribution in [0.15, 0.2) is 48.5 Å². The van der Waals surface area contributed by atoms with Crippen molar-refractivity contribution in [1.29, 1.82) is 0 Å². The normalized spacial score (nSPS) is 10.6. The Morgan fingerprint density at radius 3 is 2.21 bits per heavy atom. The van der Waals surface area contributed by atoms with Gasteiger partial charge in [-0.15, -0.1) is 0 Å². The smallest absolute Gasteiger partial charge is 0.222 e. The molecule has 0 spiro atoms. The van der Waals surface area contributed by atoms with Gasteiger partial charge in [0.15, 0.2) is 0 Å². The van der Waals surface area contributed by atoms with Gasteiger partial charge in [-0.1, -0.05) is 70.2 Å². The summed E-state index contributed by atoms with van der Waals surface area (Å²) in [5.74, 6) is 0.786. The van der Waals surface area contributed by atoms with Gasteiger partial charge in [-0.25, -0.2) is 0 Å². The average Bonchev–Trinajstić information content (AvgIpc) is 2.53. The van der Waals surface area contributed by atoms with Gasteiger partial charge in [0.25, 0.3) is 0 Å². The summed E-state index contributed by atoms with van der Waals surface area (Å²) in [5, 5.41) is 2.97. The van der Waals surface area contributed by atoms with Crippen LogP contribution in [0.2, 0.25) is 0 Å². The third kappa shape index (κ3) is 6.49. The summed E-state index contributed by atoms with van der Waals surface area (Å²) in [7, 11) is 0. The number of hydrogen-bond donors (Lipinski definition) is 1. The minimum Gasteiger partial charge on any atom is -0.352 e. The molecule has 0 aliphatic heterocycles. The Hall–Kier alpha value is -0.986. The summed E-state index contributed by atoms with van der Waals surface area (Å²) < 4.78 is 0. The van der Waals surface area contributed by atoms with Gasteiger partial charge in [0.2, 0.25) is 5.91 Å². The van der Waals surface area contributed by atoms with E-state index in [1.54, 1.807) is 0 Å². The third-order valence-electron chi connectivity index (χ3n) is 3.85. The van der Waals surface area contributed by atoms with Crippen LogP contribution in [0.4, 0.5) is 0 Å². The first kappa shape index (κ1) is 21.1. The van der Waals surface area contributed by atoms with E-state index in [9.17, 15) is 4.79 Å². The minimum atomic E-state index is 0. The van der Waals surface area contributed by atoms with Crippen LogP contribution in [0.1, 0.15) is 40.2 Å². The Labute approximate surface area is 172 Å². The predicted molar refractivity (Wildman–Crippen MR) is 99.2 cm³/mol. The SMILES string of the molecule is CC(C)Cc1ccc(-c2cccc(CNC(=O)C(C)C)c2)cc1.[HH].[Y]. The monoisotopic (exact) mass is 400 g/mol. The molecular weight excluding hydrogens is 371 g/mol. The summed E-state index contributed by atoms with van der Waals surface area (Å²) in [6, 6.07) is 17.2. The maximum atomic E-state index is 11.7. The molecule has 0 aliphatic carbocycles. The molecule has 1 N–H and O–H groups in total. The average molecular weight is 400 g/mol. The first-order valence-corrected chi connectivity index (χ1v) is 8.41. The maximum Gasteiger partial charge on any atom is 0.222 e. The summed E-state index contributed by atoms with van der Waals surface area (Å²) in [5.41, 5.74) is 4.92. The van der Waals surface area contributed by atoms with E-state index < -0.39 is 0 Å². The molecule has 2 aromatic carbocycles. The maximum absolute atomic E-state index is 11.7. The second kappa shape index (κ2) is 10.1. The topological polar surface area (TPSA) is 29.1 Å². The fourth-order valence-electron chi connectivity index (χ4n) is 2.56. The number of carbonyl (C=O) groups is 1. The van der Waals surface area contributed by atoms with Crippen LogP contribution in [0.25, 0.3) is 11.1 Å².